The molecule has 0 aliphatic heterocycles. The number of ether oxygens (including phenoxy) is 1. The van der Waals surface area contributed by atoms with Crippen molar-refractivity contribution in [1.82, 2.24) is 4.98 Å². The summed E-state index contributed by atoms with van der Waals surface area (Å²) in [5.41, 5.74) is 0.892. The van der Waals surface area contributed by atoms with Gasteiger partial charge in [-0.1, -0.05) is 6.07 Å². The smallest absolute Gasteiger partial charge is 0.238 e. The van der Waals surface area contributed by atoms with Crippen LogP contribution in [-0.4, -0.2) is 19.3 Å². The molecule has 0 spiro atoms. The highest BCUT2D eigenvalue weighted by molar-refractivity contribution is 7.89. The second-order valence-corrected chi connectivity index (χ2v) is 7.44. The lowest BCUT2D eigenvalue weighted by atomic mass is 10.2. The van der Waals surface area contributed by atoms with Crippen molar-refractivity contribution < 1.29 is 22.3 Å². The van der Waals surface area contributed by atoms with Gasteiger partial charge < -0.3 is 10.1 Å². The topological polar surface area (TPSA) is 111 Å². The lowest BCUT2D eigenvalue weighted by molar-refractivity contribution is -0.115. The van der Waals surface area contributed by atoms with Crippen LogP contribution >= 0.6 is 0 Å². The number of nitrogens with one attached hydrogen (secondary N) is 1. The number of primary sulfonamides is 1. The maximum atomic E-state index is 13.0. The van der Waals surface area contributed by atoms with Gasteiger partial charge in [-0.15, -0.1) is 0 Å². The number of amides is 1. The largest absolute Gasteiger partial charge is 0.457 e. The zero-order valence-corrected chi connectivity index (χ0v) is 15.3. The molecule has 0 radical (unpaired) electrons. The van der Waals surface area contributed by atoms with Gasteiger partial charge in [-0.25, -0.2) is 17.9 Å². The molecule has 0 saturated carbocycles. The molecule has 1 heterocycles. The van der Waals surface area contributed by atoms with Crippen molar-refractivity contribution in [3.63, 3.8) is 0 Å². The Kier molecular flexibility index (Phi) is 5.67. The molecule has 28 heavy (non-hydrogen) atoms. The molecule has 7 nitrogen and oxygen atoms in total. The number of rotatable bonds is 6. The normalized spacial score (nSPS) is 11.1. The minimum Gasteiger partial charge on any atom is -0.457 e. The third kappa shape index (κ3) is 5.35. The van der Waals surface area contributed by atoms with Crippen LogP contribution in [0.15, 0.2) is 71.9 Å². The van der Waals surface area contributed by atoms with Crippen molar-refractivity contribution in [2.45, 2.75) is 11.3 Å². The van der Waals surface area contributed by atoms with Crippen LogP contribution < -0.4 is 15.2 Å². The number of aromatic nitrogens is 1. The van der Waals surface area contributed by atoms with E-state index in [1.54, 1.807) is 24.5 Å². The average Bonchev–Trinajstić information content (AvgIpc) is 2.63. The summed E-state index contributed by atoms with van der Waals surface area (Å²) < 4.78 is 42.1. The summed E-state index contributed by atoms with van der Waals surface area (Å²) in [7, 11) is -4.04. The Bertz CT molecular complexity index is 1090. The van der Waals surface area contributed by atoms with Gasteiger partial charge in [0.25, 0.3) is 0 Å². The third-order valence-electron chi connectivity index (χ3n) is 3.63. The van der Waals surface area contributed by atoms with E-state index in [1.165, 1.54) is 42.5 Å². The first-order valence-electron chi connectivity index (χ1n) is 8.10. The van der Waals surface area contributed by atoms with Gasteiger partial charge in [-0.2, -0.15) is 0 Å². The van der Waals surface area contributed by atoms with Gasteiger partial charge >= 0.3 is 0 Å². The molecule has 0 bridgehead atoms. The zero-order valence-electron chi connectivity index (χ0n) is 14.5. The number of sulfonamides is 1. The molecule has 9 heteroatoms. The number of hydrogen-bond acceptors (Lipinski definition) is 5. The number of benzene rings is 2. The number of anilines is 1. The van der Waals surface area contributed by atoms with Gasteiger partial charge in [0, 0.05) is 30.2 Å². The van der Waals surface area contributed by atoms with Crippen LogP contribution in [0.2, 0.25) is 0 Å². The monoisotopic (exact) mass is 401 g/mol. The fourth-order valence-corrected chi connectivity index (χ4v) is 2.97. The molecule has 0 fully saturated rings. The summed E-state index contributed by atoms with van der Waals surface area (Å²) in [5, 5.41) is 7.82. The second-order valence-electron chi connectivity index (χ2n) is 5.88. The Labute approximate surface area is 161 Å². The highest BCUT2D eigenvalue weighted by Crippen LogP contribution is 2.28. The minimum atomic E-state index is -4.04. The molecule has 3 aromatic rings. The van der Waals surface area contributed by atoms with Crippen LogP contribution in [0.25, 0.3) is 0 Å². The standard InChI is InChI=1S/C19H16FN3O4S/c20-14-3-5-16(6-4-14)27-17-9-15(10-18(11-17)28(21,25)26)23-19(24)8-13-2-1-7-22-12-13/h1-7,9-12H,8H2,(H,23,24)(H2,21,25,26). The molecule has 0 unspecified atom stereocenters. The van der Waals surface area contributed by atoms with E-state index in [2.05, 4.69) is 10.3 Å². The van der Waals surface area contributed by atoms with Gasteiger partial charge in [-0.3, -0.25) is 9.78 Å². The maximum Gasteiger partial charge on any atom is 0.238 e. The van der Waals surface area contributed by atoms with E-state index in [1.807, 2.05) is 0 Å². The number of nitrogens with two attached hydrogens (primary N) is 1. The van der Waals surface area contributed by atoms with Crippen LogP contribution in [0.3, 0.4) is 0 Å². The average molecular weight is 401 g/mol. The number of carbonyl (C=O) groups excluding carboxylic acids is 1. The maximum absolute atomic E-state index is 13.0. The van der Waals surface area contributed by atoms with E-state index in [9.17, 15) is 17.6 Å². The molecule has 144 valence electrons. The van der Waals surface area contributed by atoms with Crippen molar-refractivity contribution in [2.24, 2.45) is 5.14 Å². The van der Waals surface area contributed by atoms with E-state index in [0.29, 0.717) is 11.3 Å². The van der Waals surface area contributed by atoms with E-state index in [0.717, 1.165) is 0 Å². The summed E-state index contributed by atoms with van der Waals surface area (Å²) in [6, 6.07) is 12.5. The van der Waals surface area contributed by atoms with Gasteiger partial charge in [0.05, 0.1) is 11.3 Å². The fraction of sp³-hybridized carbons (Fsp3) is 0.0526. The molecule has 1 aromatic heterocycles. The number of pyridine rings is 1. The van der Waals surface area contributed by atoms with E-state index < -0.39 is 15.8 Å². The van der Waals surface area contributed by atoms with E-state index in [-0.39, 0.29) is 28.7 Å². The quantitative estimate of drug-likeness (QED) is 0.660. The van der Waals surface area contributed by atoms with Crippen molar-refractivity contribution >= 4 is 21.6 Å². The molecule has 1 amide bonds. The summed E-state index contributed by atoms with van der Waals surface area (Å²) in [5.74, 6) is -0.392. The highest BCUT2D eigenvalue weighted by Gasteiger charge is 2.14. The van der Waals surface area contributed by atoms with Crippen molar-refractivity contribution in [2.75, 3.05) is 5.32 Å². The summed E-state index contributed by atoms with van der Waals surface area (Å²) in [6.45, 7) is 0. The Morgan fingerprint density at radius 1 is 1.11 bits per heavy atom. The molecule has 0 saturated heterocycles. The molecule has 3 N–H and O–H groups in total. The fourth-order valence-electron chi connectivity index (χ4n) is 2.40. The third-order valence-corrected chi connectivity index (χ3v) is 4.52. The van der Waals surface area contributed by atoms with Crippen LogP contribution in [0.1, 0.15) is 5.56 Å². The number of carbonyl (C=O) groups is 1. The molecule has 0 atom stereocenters. The first-order chi connectivity index (χ1) is 13.3. The summed E-state index contributed by atoms with van der Waals surface area (Å²) in [4.78, 5) is 16.0. The lowest BCUT2D eigenvalue weighted by Gasteiger charge is -2.11. The van der Waals surface area contributed by atoms with Crippen molar-refractivity contribution in [3.8, 4) is 11.5 Å². The Morgan fingerprint density at radius 2 is 1.86 bits per heavy atom. The van der Waals surface area contributed by atoms with E-state index in [4.69, 9.17) is 9.88 Å². The predicted octanol–water partition coefficient (Wildman–Crippen LogP) is 2.84. The second kappa shape index (κ2) is 8.15. The summed E-state index contributed by atoms with van der Waals surface area (Å²) in [6.07, 6.45) is 3.21. The Morgan fingerprint density at radius 3 is 2.50 bits per heavy atom. The number of nitrogens with zero attached hydrogens (tertiary/aromatic N) is 1. The van der Waals surface area contributed by atoms with Gasteiger partial charge in [0.2, 0.25) is 15.9 Å². The van der Waals surface area contributed by atoms with E-state index >= 15 is 0 Å². The predicted molar refractivity (Wildman–Crippen MR) is 101 cm³/mol. The zero-order chi connectivity index (χ0) is 20.1. The van der Waals surface area contributed by atoms with Crippen molar-refractivity contribution in [1.29, 1.82) is 0 Å². The van der Waals surface area contributed by atoms with Gasteiger partial charge in [-0.05, 0) is 42.0 Å². The first-order valence-corrected chi connectivity index (χ1v) is 9.64. The SMILES string of the molecule is NS(=O)(=O)c1cc(NC(=O)Cc2cccnc2)cc(Oc2ccc(F)cc2)c1. The van der Waals surface area contributed by atoms with Crippen LogP contribution in [0, 0.1) is 5.82 Å². The van der Waals surface area contributed by atoms with Crippen LogP contribution in [-0.2, 0) is 21.2 Å². The molecular weight excluding hydrogens is 385 g/mol. The molecule has 0 aliphatic rings. The minimum absolute atomic E-state index is 0.0571. The molecule has 0 aliphatic carbocycles. The first kappa shape index (κ1) is 19.5. The molecule has 3 rings (SSSR count). The number of halogens is 1. The summed E-state index contributed by atoms with van der Waals surface area (Å²) >= 11 is 0. The molecule has 2 aromatic carbocycles. The molecular formula is C19H16FN3O4S. The van der Waals surface area contributed by atoms with Gasteiger partial charge in [0.15, 0.2) is 0 Å². The Hall–Kier alpha value is -3.30. The lowest BCUT2D eigenvalue weighted by Crippen LogP contribution is -2.16. The van der Waals surface area contributed by atoms with Crippen molar-refractivity contribution in [3.05, 3.63) is 78.4 Å². The highest BCUT2D eigenvalue weighted by atomic mass is 32.2. The Balaban J connectivity index is 1.85. The van der Waals surface area contributed by atoms with Crippen LogP contribution in [0.5, 0.6) is 11.5 Å². The van der Waals surface area contributed by atoms with Gasteiger partial charge in [0.1, 0.15) is 17.3 Å². The van der Waals surface area contributed by atoms with Crippen LogP contribution in [0.4, 0.5) is 10.1 Å². The number of hydrogen-bond donors (Lipinski definition) is 2.